The van der Waals surface area contributed by atoms with Crippen molar-refractivity contribution in [3.63, 3.8) is 0 Å². The number of hydrazone groups is 1. The Morgan fingerprint density at radius 3 is 2.21 bits per heavy atom. The van der Waals surface area contributed by atoms with Gasteiger partial charge in [-0.2, -0.15) is 18.3 Å². The summed E-state index contributed by atoms with van der Waals surface area (Å²) in [6.45, 7) is 3.26. The van der Waals surface area contributed by atoms with Crippen molar-refractivity contribution >= 4 is 24.1 Å². The maximum atomic E-state index is 12.7. The highest BCUT2D eigenvalue weighted by atomic mass is 19.4. The van der Waals surface area contributed by atoms with Gasteiger partial charge in [-0.3, -0.25) is 15.0 Å². The lowest BCUT2D eigenvalue weighted by atomic mass is 9.39. The van der Waals surface area contributed by atoms with Crippen LogP contribution in [0.1, 0.15) is 37.7 Å². The van der Waals surface area contributed by atoms with E-state index in [2.05, 4.69) is 32.3 Å². The van der Waals surface area contributed by atoms with Crippen molar-refractivity contribution in [1.82, 2.24) is 5.32 Å². The largest absolute Gasteiger partial charge is 0.522 e. The molecule has 186 valence electrons. The number of amidine groups is 1. The highest BCUT2D eigenvalue weighted by molar-refractivity contribution is 5.96. The Morgan fingerprint density at radius 2 is 1.68 bits per heavy atom. The van der Waals surface area contributed by atoms with E-state index in [1.807, 2.05) is 0 Å². The number of benzene rings is 1. The topological polar surface area (TPSA) is 84.3 Å². The fourth-order valence-corrected chi connectivity index (χ4v) is 4.79. The standard InChI is InChI=1S/C21H22F6N4O3/c1-28-17(31-30-13-4-2-12(3-5-13)20(22,23)24)18-9-19(10-18,11-18)29-16(32)8-33-14-6-15(7-14)34-21(25,26)27/h2-5,14-15,30H,1,6-11H2,(H,29,32)/b31-17-. The van der Waals surface area contributed by atoms with Crippen LogP contribution in [0, 0.1) is 5.41 Å². The molecule has 1 amide bonds. The summed E-state index contributed by atoms with van der Waals surface area (Å²) in [6, 6.07) is 4.41. The number of carbonyl (C=O) groups excluding carboxylic acids is 1. The molecule has 4 aliphatic rings. The molecule has 4 saturated carbocycles. The minimum atomic E-state index is -4.68. The van der Waals surface area contributed by atoms with Gasteiger partial charge < -0.3 is 10.1 Å². The van der Waals surface area contributed by atoms with E-state index in [1.54, 1.807) is 0 Å². The lowest BCUT2D eigenvalue weighted by Crippen LogP contribution is -2.77. The molecular weight excluding hydrogens is 470 g/mol. The summed E-state index contributed by atoms with van der Waals surface area (Å²) < 4.78 is 83.5. The summed E-state index contributed by atoms with van der Waals surface area (Å²) >= 11 is 0. The number of anilines is 1. The van der Waals surface area contributed by atoms with Gasteiger partial charge in [0.2, 0.25) is 5.91 Å². The number of ether oxygens (including phenoxy) is 2. The predicted molar refractivity (Wildman–Crippen MR) is 109 cm³/mol. The SMILES string of the molecule is C=N/C(=N\Nc1ccc(C(F)(F)F)cc1)C12CC(NC(=O)COC3CC(OC(F)(F)F)C3)(C1)C2. The summed E-state index contributed by atoms with van der Waals surface area (Å²) in [5, 5.41) is 7.07. The Kier molecular flexibility index (Phi) is 6.13. The lowest BCUT2D eigenvalue weighted by Gasteiger charge is -2.69. The van der Waals surface area contributed by atoms with Crippen LogP contribution >= 0.6 is 0 Å². The number of hydrogen-bond acceptors (Lipinski definition) is 5. The van der Waals surface area contributed by atoms with Crippen LogP contribution in [0.2, 0.25) is 0 Å². The third-order valence-electron chi connectivity index (χ3n) is 6.36. The summed E-state index contributed by atoms with van der Waals surface area (Å²) in [7, 11) is 0. The normalized spacial score (nSPS) is 30.5. The average molecular weight is 492 g/mol. The van der Waals surface area contributed by atoms with E-state index in [1.165, 1.54) is 12.1 Å². The first-order valence-electron chi connectivity index (χ1n) is 10.5. The maximum absolute atomic E-state index is 12.7. The first-order chi connectivity index (χ1) is 15.8. The summed E-state index contributed by atoms with van der Waals surface area (Å²) in [5.74, 6) is 0.0476. The molecule has 1 aromatic carbocycles. The van der Waals surface area contributed by atoms with E-state index in [4.69, 9.17) is 4.74 Å². The van der Waals surface area contributed by atoms with Crippen LogP contribution in [-0.2, 0) is 20.4 Å². The van der Waals surface area contributed by atoms with Crippen molar-refractivity contribution in [3.05, 3.63) is 29.8 Å². The maximum Gasteiger partial charge on any atom is 0.522 e. The van der Waals surface area contributed by atoms with Gasteiger partial charge in [0.1, 0.15) is 6.61 Å². The molecule has 0 heterocycles. The quantitative estimate of drug-likeness (QED) is 0.246. The fourth-order valence-electron chi connectivity index (χ4n) is 4.79. The van der Waals surface area contributed by atoms with Crippen molar-refractivity contribution in [2.24, 2.45) is 15.5 Å². The van der Waals surface area contributed by atoms with E-state index in [0.717, 1.165) is 12.1 Å². The molecule has 2 N–H and O–H groups in total. The monoisotopic (exact) mass is 492 g/mol. The Bertz CT molecular complexity index is 950. The van der Waals surface area contributed by atoms with Crippen LogP contribution in [0.25, 0.3) is 0 Å². The Hall–Kier alpha value is -2.67. The van der Waals surface area contributed by atoms with Gasteiger partial charge in [-0.25, -0.2) is 4.99 Å². The molecule has 1 aromatic rings. The van der Waals surface area contributed by atoms with Crippen molar-refractivity contribution < 1.29 is 40.6 Å². The number of nitrogens with one attached hydrogen (secondary N) is 2. The molecule has 0 spiro atoms. The molecule has 7 nitrogen and oxygen atoms in total. The Labute approximate surface area is 190 Å². The highest BCUT2D eigenvalue weighted by Gasteiger charge is 2.71. The van der Waals surface area contributed by atoms with Gasteiger partial charge in [0.25, 0.3) is 0 Å². The number of alkyl halides is 6. The third-order valence-corrected chi connectivity index (χ3v) is 6.36. The Balaban J connectivity index is 1.20. The van der Waals surface area contributed by atoms with Crippen LogP contribution in [0.3, 0.4) is 0 Å². The van der Waals surface area contributed by atoms with Gasteiger partial charge in [-0.15, -0.1) is 13.2 Å². The first kappa shape index (κ1) is 24.5. The average Bonchev–Trinajstić information content (AvgIpc) is 2.65. The van der Waals surface area contributed by atoms with Gasteiger partial charge in [0.15, 0.2) is 5.84 Å². The zero-order valence-electron chi connectivity index (χ0n) is 17.8. The number of rotatable bonds is 8. The molecule has 13 heteroatoms. The van der Waals surface area contributed by atoms with Gasteiger partial charge in [-0.05, 0) is 50.2 Å². The van der Waals surface area contributed by atoms with E-state index in [-0.39, 0.29) is 30.8 Å². The molecule has 34 heavy (non-hydrogen) atoms. The van der Waals surface area contributed by atoms with E-state index in [0.29, 0.717) is 30.8 Å². The minimum Gasteiger partial charge on any atom is -0.368 e. The molecule has 0 radical (unpaired) electrons. The van der Waals surface area contributed by atoms with Gasteiger partial charge in [-0.1, -0.05) is 0 Å². The van der Waals surface area contributed by atoms with Crippen molar-refractivity contribution in [2.45, 2.75) is 62.4 Å². The zero-order valence-corrected chi connectivity index (χ0v) is 17.8. The number of halogens is 6. The smallest absolute Gasteiger partial charge is 0.368 e. The van der Waals surface area contributed by atoms with E-state index < -0.39 is 35.8 Å². The summed E-state index contributed by atoms with van der Waals surface area (Å²) in [4.78, 5) is 16.1. The van der Waals surface area contributed by atoms with Gasteiger partial charge in [0, 0.05) is 23.8 Å². The minimum absolute atomic E-state index is 0.0812. The van der Waals surface area contributed by atoms with E-state index >= 15 is 0 Å². The summed E-state index contributed by atoms with van der Waals surface area (Å²) in [5.41, 5.74) is 1.50. The first-order valence-corrected chi connectivity index (χ1v) is 10.5. The molecular formula is C21H22F6N4O3. The number of nitrogens with zero attached hydrogens (tertiary/aromatic N) is 2. The van der Waals surface area contributed by atoms with E-state index in [9.17, 15) is 31.1 Å². The lowest BCUT2D eigenvalue weighted by molar-refractivity contribution is -0.357. The molecule has 0 saturated heterocycles. The molecule has 5 rings (SSSR count). The second-order valence-corrected chi connectivity index (χ2v) is 9.01. The number of carbonyl (C=O) groups is 1. The fraction of sp³-hybridized carbons (Fsp3) is 0.571. The predicted octanol–water partition coefficient (Wildman–Crippen LogP) is 4.25. The van der Waals surface area contributed by atoms with Crippen molar-refractivity contribution in [2.75, 3.05) is 12.0 Å². The van der Waals surface area contributed by atoms with Crippen LogP contribution in [0.15, 0.2) is 34.4 Å². The van der Waals surface area contributed by atoms with Crippen LogP contribution < -0.4 is 10.7 Å². The molecule has 4 fully saturated rings. The molecule has 0 aromatic heterocycles. The highest BCUT2D eigenvalue weighted by Crippen LogP contribution is 2.68. The zero-order chi connectivity index (χ0) is 24.8. The summed E-state index contributed by atoms with van der Waals surface area (Å²) in [6.07, 6.45) is -8.61. The van der Waals surface area contributed by atoms with Crippen LogP contribution in [0.5, 0.6) is 0 Å². The van der Waals surface area contributed by atoms with Gasteiger partial charge >= 0.3 is 12.5 Å². The van der Waals surface area contributed by atoms with Crippen molar-refractivity contribution in [1.29, 1.82) is 0 Å². The molecule has 2 bridgehead atoms. The van der Waals surface area contributed by atoms with Crippen LogP contribution in [-0.4, -0.2) is 49.2 Å². The number of hydrogen-bond donors (Lipinski definition) is 2. The van der Waals surface area contributed by atoms with Gasteiger partial charge in [0.05, 0.1) is 23.5 Å². The van der Waals surface area contributed by atoms with Crippen LogP contribution in [0.4, 0.5) is 32.0 Å². The molecule has 4 aliphatic carbocycles. The number of amides is 1. The Morgan fingerprint density at radius 1 is 1.06 bits per heavy atom. The van der Waals surface area contributed by atoms with Crippen molar-refractivity contribution in [3.8, 4) is 0 Å². The second kappa shape index (κ2) is 8.52. The number of aliphatic imine (C=N–C) groups is 1. The molecule has 0 aliphatic heterocycles. The third kappa shape index (κ3) is 5.19. The molecule has 0 unspecified atom stereocenters. The molecule has 0 atom stereocenters. The second-order valence-electron chi connectivity index (χ2n) is 9.01.